The monoisotopic (exact) mass is 340 g/mol. The maximum Gasteiger partial charge on any atom is 0.220 e. The van der Waals surface area contributed by atoms with Crippen molar-refractivity contribution < 1.29 is 9.90 Å². The summed E-state index contributed by atoms with van der Waals surface area (Å²) in [6, 6.07) is 0.437. The lowest BCUT2D eigenvalue weighted by molar-refractivity contribution is -0.121. The molecule has 1 aliphatic rings. The molecule has 0 aliphatic heterocycles. The Bertz CT molecular complexity index is 390. The van der Waals surface area contributed by atoms with Crippen LogP contribution >= 0.6 is 0 Å². The van der Waals surface area contributed by atoms with Gasteiger partial charge < -0.3 is 21.1 Å². The number of carbonyl (C=O) groups is 1. The van der Waals surface area contributed by atoms with Crippen LogP contribution in [0.5, 0.6) is 0 Å². The van der Waals surface area contributed by atoms with Gasteiger partial charge in [-0.25, -0.2) is 0 Å². The fourth-order valence-corrected chi connectivity index (χ4v) is 2.72. The zero-order valence-electron chi connectivity index (χ0n) is 15.7. The molecule has 0 radical (unpaired) electrons. The highest BCUT2D eigenvalue weighted by atomic mass is 16.3. The molecule has 6 heteroatoms. The molecule has 0 saturated heterocycles. The first-order valence-corrected chi connectivity index (χ1v) is 9.51. The first-order valence-electron chi connectivity index (χ1n) is 9.51. The maximum atomic E-state index is 11.7. The number of hydrogen-bond donors (Lipinski definition) is 4. The number of guanidine groups is 1. The third kappa shape index (κ3) is 7.99. The minimum absolute atomic E-state index is 0.0707. The molecule has 1 amide bonds. The number of amides is 1. The summed E-state index contributed by atoms with van der Waals surface area (Å²) in [4.78, 5) is 16.4. The van der Waals surface area contributed by atoms with Gasteiger partial charge in [-0.3, -0.25) is 9.79 Å². The van der Waals surface area contributed by atoms with Crippen LogP contribution in [0.2, 0.25) is 0 Å². The Morgan fingerprint density at radius 3 is 2.46 bits per heavy atom. The maximum absolute atomic E-state index is 11.7. The molecule has 0 unspecified atom stereocenters. The largest absolute Gasteiger partial charge is 0.396 e. The highest BCUT2D eigenvalue weighted by Gasteiger charge is 2.25. The topological polar surface area (TPSA) is 85.8 Å². The number of rotatable bonds is 12. The molecule has 0 aromatic rings. The van der Waals surface area contributed by atoms with Crippen molar-refractivity contribution in [3.8, 4) is 0 Å². The van der Waals surface area contributed by atoms with Gasteiger partial charge in [0.1, 0.15) is 0 Å². The zero-order chi connectivity index (χ0) is 17.8. The molecule has 0 aromatic carbocycles. The molecule has 140 valence electrons. The van der Waals surface area contributed by atoms with E-state index in [0.717, 1.165) is 57.6 Å². The normalized spacial score (nSPS) is 15.2. The van der Waals surface area contributed by atoms with E-state index >= 15 is 0 Å². The fraction of sp³-hybridized carbons (Fsp3) is 0.889. The van der Waals surface area contributed by atoms with E-state index in [0.29, 0.717) is 19.0 Å². The van der Waals surface area contributed by atoms with Crippen LogP contribution in [0.3, 0.4) is 0 Å². The van der Waals surface area contributed by atoms with Crippen LogP contribution in [-0.2, 0) is 4.79 Å². The van der Waals surface area contributed by atoms with E-state index < -0.39 is 0 Å². The summed E-state index contributed by atoms with van der Waals surface area (Å²) < 4.78 is 0. The SMILES string of the molecule is CCNC(=NCC(CC)(CC)CCO)NCCCC(=O)NC1CC1. The van der Waals surface area contributed by atoms with E-state index in [1.807, 2.05) is 6.92 Å². The van der Waals surface area contributed by atoms with Gasteiger partial charge in [0.2, 0.25) is 5.91 Å². The van der Waals surface area contributed by atoms with Gasteiger partial charge in [0.15, 0.2) is 5.96 Å². The summed E-state index contributed by atoms with van der Waals surface area (Å²) >= 11 is 0. The lowest BCUT2D eigenvalue weighted by atomic mass is 9.79. The number of hydrogen-bond acceptors (Lipinski definition) is 3. The number of carbonyl (C=O) groups excluding carboxylic acids is 1. The van der Waals surface area contributed by atoms with Crippen LogP contribution in [-0.4, -0.2) is 49.3 Å². The highest BCUT2D eigenvalue weighted by molar-refractivity contribution is 5.80. The van der Waals surface area contributed by atoms with Gasteiger partial charge in [-0.15, -0.1) is 0 Å². The summed E-state index contributed by atoms with van der Waals surface area (Å²) in [6.07, 6.45) is 6.41. The minimum Gasteiger partial charge on any atom is -0.396 e. The molecule has 24 heavy (non-hydrogen) atoms. The predicted molar refractivity (Wildman–Crippen MR) is 99.1 cm³/mol. The molecule has 0 heterocycles. The summed E-state index contributed by atoms with van der Waals surface area (Å²) in [7, 11) is 0. The van der Waals surface area contributed by atoms with Gasteiger partial charge >= 0.3 is 0 Å². The third-order valence-corrected chi connectivity index (χ3v) is 4.87. The number of aliphatic hydroxyl groups is 1. The van der Waals surface area contributed by atoms with E-state index in [4.69, 9.17) is 4.99 Å². The molecule has 1 aliphatic carbocycles. The Balaban J connectivity index is 2.38. The Morgan fingerprint density at radius 2 is 1.92 bits per heavy atom. The molecule has 4 N–H and O–H groups in total. The van der Waals surface area contributed by atoms with E-state index in [-0.39, 0.29) is 17.9 Å². The molecule has 1 fully saturated rings. The van der Waals surface area contributed by atoms with Gasteiger partial charge in [0.25, 0.3) is 0 Å². The molecular weight excluding hydrogens is 304 g/mol. The Morgan fingerprint density at radius 1 is 1.21 bits per heavy atom. The van der Waals surface area contributed by atoms with Crippen molar-refractivity contribution in [3.05, 3.63) is 0 Å². The minimum atomic E-state index is 0.0707. The van der Waals surface area contributed by atoms with Gasteiger partial charge in [-0.05, 0) is 50.9 Å². The van der Waals surface area contributed by atoms with Crippen LogP contribution in [0.1, 0.15) is 65.7 Å². The molecule has 1 saturated carbocycles. The second kappa shape index (κ2) is 11.3. The van der Waals surface area contributed by atoms with Crippen molar-refractivity contribution in [1.82, 2.24) is 16.0 Å². The predicted octanol–water partition coefficient (Wildman–Crippen LogP) is 1.79. The van der Waals surface area contributed by atoms with Gasteiger partial charge in [-0.2, -0.15) is 0 Å². The lowest BCUT2D eigenvalue weighted by Gasteiger charge is -2.29. The van der Waals surface area contributed by atoms with Crippen molar-refractivity contribution in [2.75, 3.05) is 26.2 Å². The average molecular weight is 341 g/mol. The smallest absolute Gasteiger partial charge is 0.220 e. The molecule has 6 nitrogen and oxygen atoms in total. The summed E-state index contributed by atoms with van der Waals surface area (Å²) in [5.41, 5.74) is 0.0707. The zero-order valence-corrected chi connectivity index (χ0v) is 15.7. The van der Waals surface area contributed by atoms with Crippen LogP contribution in [0, 0.1) is 5.41 Å². The van der Waals surface area contributed by atoms with Crippen LogP contribution < -0.4 is 16.0 Å². The van der Waals surface area contributed by atoms with Crippen molar-refractivity contribution in [2.45, 2.75) is 71.8 Å². The van der Waals surface area contributed by atoms with Crippen LogP contribution in [0.25, 0.3) is 0 Å². The van der Waals surface area contributed by atoms with Crippen molar-refractivity contribution in [2.24, 2.45) is 10.4 Å². The molecule has 1 rings (SSSR count). The van der Waals surface area contributed by atoms with E-state index in [2.05, 4.69) is 29.8 Å². The molecule has 0 aromatic heterocycles. The first-order chi connectivity index (χ1) is 11.6. The second-order valence-electron chi connectivity index (χ2n) is 6.75. The van der Waals surface area contributed by atoms with Gasteiger partial charge in [0.05, 0.1) is 0 Å². The van der Waals surface area contributed by atoms with Crippen molar-refractivity contribution in [1.29, 1.82) is 0 Å². The van der Waals surface area contributed by atoms with E-state index in [9.17, 15) is 9.90 Å². The van der Waals surface area contributed by atoms with Crippen molar-refractivity contribution >= 4 is 11.9 Å². The summed E-state index contributed by atoms with van der Waals surface area (Å²) in [6.45, 7) is 8.81. The average Bonchev–Trinajstić information content (AvgIpc) is 3.39. The third-order valence-electron chi connectivity index (χ3n) is 4.87. The first kappa shape index (κ1) is 20.7. The van der Waals surface area contributed by atoms with Crippen LogP contribution in [0.4, 0.5) is 0 Å². The van der Waals surface area contributed by atoms with Crippen LogP contribution in [0.15, 0.2) is 4.99 Å². The summed E-state index contributed by atoms with van der Waals surface area (Å²) in [5.74, 6) is 0.949. The fourth-order valence-electron chi connectivity index (χ4n) is 2.72. The number of nitrogens with zero attached hydrogens (tertiary/aromatic N) is 1. The number of nitrogens with one attached hydrogen (secondary N) is 3. The molecule has 0 spiro atoms. The van der Waals surface area contributed by atoms with E-state index in [1.165, 1.54) is 0 Å². The Labute approximate surface area is 146 Å². The molecular formula is C18H36N4O2. The Kier molecular flexibility index (Phi) is 9.76. The Hall–Kier alpha value is -1.30. The van der Waals surface area contributed by atoms with Gasteiger partial charge in [0, 0.05) is 38.7 Å². The van der Waals surface area contributed by atoms with Gasteiger partial charge in [-0.1, -0.05) is 13.8 Å². The highest BCUT2D eigenvalue weighted by Crippen LogP contribution is 2.30. The molecule has 0 atom stereocenters. The van der Waals surface area contributed by atoms with E-state index in [1.54, 1.807) is 0 Å². The number of aliphatic imine (C=N–C) groups is 1. The summed E-state index contributed by atoms with van der Waals surface area (Å²) in [5, 5.41) is 18.9. The second-order valence-corrected chi connectivity index (χ2v) is 6.75. The van der Waals surface area contributed by atoms with Crippen molar-refractivity contribution in [3.63, 3.8) is 0 Å². The quantitative estimate of drug-likeness (QED) is 0.248. The lowest BCUT2D eigenvalue weighted by Crippen LogP contribution is -2.39. The standard InChI is InChI=1S/C18H36N4O2/c1-4-18(5-2,11-13-23)14-21-17(19-6-3)20-12-7-8-16(24)22-15-9-10-15/h15,23H,4-14H2,1-3H3,(H,22,24)(H2,19,20,21). The molecule has 0 bridgehead atoms. The number of aliphatic hydroxyl groups excluding tert-OH is 1.